The Labute approximate surface area is 135 Å². The molecule has 7 atom stereocenters. The second-order valence-corrected chi connectivity index (χ2v) is 6.32. The fourth-order valence-corrected chi connectivity index (χ4v) is 2.51. The lowest BCUT2D eigenvalue weighted by atomic mass is 9.90. The predicted octanol–water partition coefficient (Wildman–Crippen LogP) is 3.05. The third-order valence-corrected chi connectivity index (χ3v) is 4.84. The molecule has 0 saturated carbocycles. The van der Waals surface area contributed by atoms with Gasteiger partial charge in [0.15, 0.2) is 6.29 Å². The molecule has 2 N–H and O–H groups in total. The van der Waals surface area contributed by atoms with E-state index in [2.05, 4.69) is 23.8 Å². The summed E-state index contributed by atoms with van der Waals surface area (Å²) in [5.41, 5.74) is 0. The molecule has 22 heavy (non-hydrogen) atoms. The number of hydrogen-bond donors (Lipinski definition) is 2. The molecule has 0 amide bonds. The molecule has 1 fully saturated rings. The van der Waals surface area contributed by atoms with Crippen molar-refractivity contribution in [2.24, 2.45) is 28.8 Å². The zero-order valence-electron chi connectivity index (χ0n) is 15.2. The maximum atomic E-state index is 9.49. The van der Waals surface area contributed by atoms with E-state index in [1.54, 1.807) is 6.21 Å². The van der Waals surface area contributed by atoms with Gasteiger partial charge in [-0.15, -0.1) is 0 Å². The molecule has 132 valence electrons. The molecule has 0 spiro atoms. The van der Waals surface area contributed by atoms with Crippen molar-refractivity contribution >= 4 is 6.21 Å². The highest BCUT2D eigenvalue weighted by Crippen LogP contribution is 2.31. The molecule has 0 bridgehead atoms. The molecule has 1 aliphatic rings. The van der Waals surface area contributed by atoms with Crippen LogP contribution in [0.5, 0.6) is 0 Å². The molecule has 1 unspecified atom stereocenters. The Morgan fingerprint density at radius 1 is 1.23 bits per heavy atom. The minimum atomic E-state index is -0.528. The van der Waals surface area contributed by atoms with Gasteiger partial charge in [-0.1, -0.05) is 46.7 Å². The van der Waals surface area contributed by atoms with Crippen molar-refractivity contribution in [1.82, 2.24) is 0 Å². The van der Waals surface area contributed by atoms with Crippen LogP contribution in [0.25, 0.3) is 0 Å². The summed E-state index contributed by atoms with van der Waals surface area (Å²) in [6.07, 6.45) is 3.01. The zero-order valence-corrected chi connectivity index (χ0v) is 15.2. The van der Waals surface area contributed by atoms with Crippen LogP contribution in [0.3, 0.4) is 0 Å². The monoisotopic (exact) mass is 317 g/mol. The number of oxime groups is 1. The van der Waals surface area contributed by atoms with Gasteiger partial charge in [-0.25, -0.2) is 0 Å². The van der Waals surface area contributed by atoms with Crippen molar-refractivity contribution in [3.8, 4) is 0 Å². The largest absolute Gasteiger partial charge is 0.399 e. The van der Waals surface area contributed by atoms with Gasteiger partial charge < -0.3 is 19.8 Å². The molecular weight excluding hydrogens is 282 g/mol. The first-order valence-corrected chi connectivity index (χ1v) is 8.38. The lowest BCUT2D eigenvalue weighted by molar-refractivity contribution is -0.106. The van der Waals surface area contributed by atoms with E-state index in [-0.39, 0.29) is 24.0 Å². The van der Waals surface area contributed by atoms with Crippen molar-refractivity contribution in [1.29, 1.82) is 0 Å². The molecule has 1 rings (SSSR count). The second-order valence-electron chi connectivity index (χ2n) is 6.32. The van der Waals surface area contributed by atoms with E-state index >= 15 is 0 Å². The van der Waals surface area contributed by atoms with Gasteiger partial charge in [0, 0.05) is 12.1 Å². The summed E-state index contributed by atoms with van der Waals surface area (Å²) in [5, 5.41) is 22.4. The van der Waals surface area contributed by atoms with E-state index in [1.807, 2.05) is 27.7 Å². The lowest BCUT2D eigenvalue weighted by Gasteiger charge is -2.20. The molecule has 1 heterocycles. The number of hydrogen-bond acceptors (Lipinski definition) is 5. The summed E-state index contributed by atoms with van der Waals surface area (Å²) in [6.45, 7) is 12.3. The first kappa shape index (κ1) is 21.4. The van der Waals surface area contributed by atoms with Crippen LogP contribution < -0.4 is 0 Å². The van der Waals surface area contributed by atoms with Crippen LogP contribution in [-0.4, -0.2) is 42.0 Å². The van der Waals surface area contributed by atoms with Crippen LogP contribution >= 0.6 is 0 Å². The lowest BCUT2D eigenvalue weighted by Crippen LogP contribution is -2.23. The van der Waals surface area contributed by atoms with Gasteiger partial charge in [0.05, 0.1) is 12.2 Å². The third kappa shape index (κ3) is 6.63. The molecular formula is C17H35NO4. The fraction of sp³-hybridized carbons (Fsp3) is 0.941. The van der Waals surface area contributed by atoms with Crippen LogP contribution in [0.4, 0.5) is 0 Å². The van der Waals surface area contributed by atoms with Gasteiger partial charge in [-0.3, -0.25) is 0 Å². The van der Waals surface area contributed by atoms with Crippen LogP contribution in [0.2, 0.25) is 0 Å². The number of aliphatic hydroxyl groups is 2. The molecule has 0 aliphatic carbocycles. The molecule has 5 nitrogen and oxygen atoms in total. The topological polar surface area (TPSA) is 71.3 Å². The van der Waals surface area contributed by atoms with Gasteiger partial charge in [0.25, 0.3) is 0 Å². The molecule has 1 saturated heterocycles. The smallest absolute Gasteiger partial charge is 0.157 e. The van der Waals surface area contributed by atoms with Crippen LogP contribution in [0, 0.1) is 23.7 Å². The highest BCUT2D eigenvalue weighted by atomic mass is 16.6. The normalized spacial score (nSPS) is 32.2. The SMILES string of the molecule is CC[C@@H](O)[C@@H](C)[C@H](C)C=NOC.CC[C@H]1OC(O)[C@@H](C)[C@@H]1C. The number of rotatable bonds is 6. The summed E-state index contributed by atoms with van der Waals surface area (Å²) in [7, 11) is 1.52. The van der Waals surface area contributed by atoms with E-state index in [9.17, 15) is 10.2 Å². The summed E-state index contributed by atoms with van der Waals surface area (Å²) in [6, 6.07) is 0. The number of aliphatic hydroxyl groups excluding tert-OH is 2. The Hall–Kier alpha value is -0.650. The van der Waals surface area contributed by atoms with Gasteiger partial charge in [-0.05, 0) is 30.6 Å². The average Bonchev–Trinajstić information content (AvgIpc) is 2.78. The molecule has 5 heteroatoms. The predicted molar refractivity (Wildman–Crippen MR) is 89.6 cm³/mol. The highest BCUT2D eigenvalue weighted by molar-refractivity contribution is 5.59. The Kier molecular flexibility index (Phi) is 10.6. The zero-order chi connectivity index (χ0) is 17.3. The van der Waals surface area contributed by atoms with E-state index < -0.39 is 6.29 Å². The minimum Gasteiger partial charge on any atom is -0.399 e. The first-order valence-electron chi connectivity index (χ1n) is 8.38. The van der Waals surface area contributed by atoms with Crippen molar-refractivity contribution < 1.29 is 19.8 Å². The first-order chi connectivity index (χ1) is 10.3. The average molecular weight is 317 g/mol. The van der Waals surface area contributed by atoms with E-state index in [0.29, 0.717) is 11.8 Å². The maximum absolute atomic E-state index is 9.49. The van der Waals surface area contributed by atoms with Gasteiger partial charge >= 0.3 is 0 Å². The van der Waals surface area contributed by atoms with Crippen LogP contribution in [-0.2, 0) is 9.57 Å². The standard InChI is InChI=1S/C9H19NO2.C8H16O2/c1-5-9(11)8(3)7(2)6-10-12-4;1-4-7-5(2)6(3)8(9)10-7/h6-9,11H,5H2,1-4H3;5-9H,4H2,1-3H3/t7-,8+,9-;5-,6-,7+,8?/m10/s1. The van der Waals surface area contributed by atoms with Crippen molar-refractivity contribution in [2.45, 2.75) is 72.9 Å². The summed E-state index contributed by atoms with van der Waals surface area (Å²) >= 11 is 0. The fourth-order valence-electron chi connectivity index (χ4n) is 2.51. The van der Waals surface area contributed by atoms with Gasteiger partial charge in [0.1, 0.15) is 7.11 Å². The second kappa shape index (κ2) is 11.0. The quantitative estimate of drug-likeness (QED) is 0.583. The summed E-state index contributed by atoms with van der Waals surface area (Å²) in [5.74, 6) is 1.28. The molecule has 0 radical (unpaired) electrons. The number of ether oxygens (including phenoxy) is 1. The number of nitrogens with zero attached hydrogens (tertiary/aromatic N) is 1. The molecule has 0 aromatic carbocycles. The van der Waals surface area contributed by atoms with Crippen LogP contribution in [0.1, 0.15) is 54.4 Å². The summed E-state index contributed by atoms with van der Waals surface area (Å²) in [4.78, 5) is 4.56. The van der Waals surface area contributed by atoms with E-state index in [4.69, 9.17) is 4.74 Å². The van der Waals surface area contributed by atoms with E-state index in [0.717, 1.165) is 12.8 Å². The molecule has 1 aliphatic heterocycles. The van der Waals surface area contributed by atoms with Gasteiger partial charge in [0.2, 0.25) is 0 Å². The maximum Gasteiger partial charge on any atom is 0.157 e. The van der Waals surface area contributed by atoms with Crippen molar-refractivity contribution in [2.75, 3.05) is 7.11 Å². The highest BCUT2D eigenvalue weighted by Gasteiger charge is 2.36. The Bertz CT molecular complexity index is 311. The van der Waals surface area contributed by atoms with E-state index in [1.165, 1.54) is 7.11 Å². The molecule has 0 aromatic rings. The van der Waals surface area contributed by atoms with Crippen molar-refractivity contribution in [3.05, 3.63) is 0 Å². The Morgan fingerprint density at radius 2 is 1.82 bits per heavy atom. The Morgan fingerprint density at radius 3 is 2.14 bits per heavy atom. The van der Waals surface area contributed by atoms with Gasteiger partial charge in [-0.2, -0.15) is 0 Å². The Balaban J connectivity index is 0.000000406. The van der Waals surface area contributed by atoms with Crippen LogP contribution in [0.15, 0.2) is 5.16 Å². The van der Waals surface area contributed by atoms with Crippen molar-refractivity contribution in [3.63, 3.8) is 0 Å². The summed E-state index contributed by atoms with van der Waals surface area (Å²) < 4.78 is 5.29. The third-order valence-electron chi connectivity index (χ3n) is 4.84. The molecule has 0 aromatic heterocycles. The minimum absolute atomic E-state index is 0.230.